The van der Waals surface area contributed by atoms with Crippen molar-refractivity contribution >= 4 is 33.6 Å². The molecule has 1 aliphatic carbocycles. The van der Waals surface area contributed by atoms with Gasteiger partial charge in [0.05, 0.1) is 5.75 Å². The first kappa shape index (κ1) is 17.0. The van der Waals surface area contributed by atoms with Crippen LogP contribution in [0.15, 0.2) is 16.6 Å². The summed E-state index contributed by atoms with van der Waals surface area (Å²) in [6, 6.07) is 4.34. The van der Waals surface area contributed by atoms with E-state index >= 15 is 0 Å². The van der Waals surface area contributed by atoms with E-state index in [1.165, 1.54) is 19.3 Å². The summed E-state index contributed by atoms with van der Waals surface area (Å²) in [6.45, 7) is 1.18. The number of rotatable bonds is 5. The summed E-state index contributed by atoms with van der Waals surface area (Å²) in [6.07, 6.45) is 6.04. The average Bonchev–Trinajstić information content (AvgIpc) is 2.56. The Hall–Kier alpha value is -0.880. The third-order valence-electron chi connectivity index (χ3n) is 4.17. The average molecular weight is 400 g/mol. The highest BCUT2D eigenvalue weighted by Crippen LogP contribution is 2.36. The van der Waals surface area contributed by atoms with Gasteiger partial charge in [0.25, 0.3) is 0 Å². The lowest BCUT2D eigenvalue weighted by Crippen LogP contribution is -2.37. The van der Waals surface area contributed by atoms with Crippen LogP contribution in [-0.2, 0) is 10.5 Å². The van der Waals surface area contributed by atoms with Crippen LogP contribution in [0.3, 0.4) is 0 Å². The summed E-state index contributed by atoms with van der Waals surface area (Å²) in [4.78, 5) is 12.0. The van der Waals surface area contributed by atoms with Crippen LogP contribution in [0, 0.1) is 0 Å². The second-order valence-corrected chi connectivity index (χ2v) is 7.82. The molecular formula is C17H22BrNO3S. The number of benzene rings is 1. The zero-order chi connectivity index (χ0) is 16.1. The Labute approximate surface area is 149 Å². The minimum atomic E-state index is 0.149. The van der Waals surface area contributed by atoms with Crippen molar-refractivity contribution in [3.8, 4) is 11.5 Å². The molecule has 0 bridgehead atoms. The topological polar surface area (TPSA) is 47.6 Å². The summed E-state index contributed by atoms with van der Waals surface area (Å²) in [5.74, 6) is 3.00. The van der Waals surface area contributed by atoms with Gasteiger partial charge in [0.15, 0.2) is 11.5 Å². The van der Waals surface area contributed by atoms with Crippen molar-refractivity contribution in [1.29, 1.82) is 0 Å². The molecule has 1 N–H and O–H groups in total. The predicted molar refractivity (Wildman–Crippen MR) is 96.3 cm³/mol. The molecule has 0 radical (unpaired) electrons. The lowest BCUT2D eigenvalue weighted by molar-refractivity contribution is -0.119. The van der Waals surface area contributed by atoms with Crippen LogP contribution in [0.4, 0.5) is 0 Å². The maximum atomic E-state index is 12.0. The third kappa shape index (κ3) is 4.80. The molecule has 1 fully saturated rings. The van der Waals surface area contributed by atoms with Gasteiger partial charge in [-0.25, -0.2) is 0 Å². The maximum Gasteiger partial charge on any atom is 0.230 e. The first-order chi connectivity index (χ1) is 11.2. The molecule has 0 spiro atoms. The molecule has 1 aliphatic heterocycles. The Bertz CT molecular complexity index is 561. The molecule has 0 atom stereocenters. The second-order valence-electron chi connectivity index (χ2n) is 5.98. The number of amides is 1. The minimum Gasteiger partial charge on any atom is -0.486 e. The van der Waals surface area contributed by atoms with Crippen LogP contribution in [0.25, 0.3) is 0 Å². The molecule has 1 aromatic rings. The van der Waals surface area contributed by atoms with Gasteiger partial charge >= 0.3 is 0 Å². The molecule has 1 heterocycles. The highest BCUT2D eigenvalue weighted by Gasteiger charge is 2.17. The van der Waals surface area contributed by atoms with Crippen molar-refractivity contribution in [2.24, 2.45) is 0 Å². The lowest BCUT2D eigenvalue weighted by atomic mass is 9.95. The van der Waals surface area contributed by atoms with Crippen LogP contribution in [-0.4, -0.2) is 30.9 Å². The zero-order valence-electron chi connectivity index (χ0n) is 13.1. The van der Waals surface area contributed by atoms with Gasteiger partial charge < -0.3 is 14.8 Å². The summed E-state index contributed by atoms with van der Waals surface area (Å²) >= 11 is 5.20. The quantitative estimate of drug-likeness (QED) is 0.815. The number of carbonyl (C=O) groups excluding carboxylic acids is 1. The first-order valence-corrected chi connectivity index (χ1v) is 10.1. The summed E-state index contributed by atoms with van der Waals surface area (Å²) in [5.41, 5.74) is 1.13. The number of carbonyl (C=O) groups is 1. The molecule has 0 saturated heterocycles. The zero-order valence-corrected chi connectivity index (χ0v) is 15.5. The summed E-state index contributed by atoms with van der Waals surface area (Å²) in [5, 5.41) is 3.15. The number of fused-ring (bicyclic) bond motifs is 1. The lowest BCUT2D eigenvalue weighted by Gasteiger charge is -2.22. The van der Waals surface area contributed by atoms with Gasteiger partial charge in [0, 0.05) is 16.3 Å². The number of halogens is 1. The highest BCUT2D eigenvalue weighted by molar-refractivity contribution is 9.10. The molecule has 1 amide bonds. The van der Waals surface area contributed by atoms with Crippen LogP contribution < -0.4 is 14.8 Å². The van der Waals surface area contributed by atoms with Crippen LogP contribution in [0.5, 0.6) is 11.5 Å². The molecule has 23 heavy (non-hydrogen) atoms. The normalized spacial score (nSPS) is 17.8. The Balaban J connectivity index is 1.47. The van der Waals surface area contributed by atoms with Crippen LogP contribution in [0.1, 0.15) is 37.7 Å². The molecule has 2 aliphatic rings. The molecule has 1 aromatic carbocycles. The number of ether oxygens (including phenoxy) is 2. The van der Waals surface area contributed by atoms with E-state index < -0.39 is 0 Å². The maximum absolute atomic E-state index is 12.0. The van der Waals surface area contributed by atoms with E-state index in [-0.39, 0.29) is 5.91 Å². The molecule has 0 aromatic heterocycles. The van der Waals surface area contributed by atoms with Crippen molar-refractivity contribution in [2.75, 3.05) is 19.0 Å². The van der Waals surface area contributed by atoms with Gasteiger partial charge in [-0.2, -0.15) is 0 Å². The highest BCUT2D eigenvalue weighted by atomic mass is 79.9. The van der Waals surface area contributed by atoms with Gasteiger partial charge in [0.2, 0.25) is 5.91 Å². The van der Waals surface area contributed by atoms with Crippen molar-refractivity contribution in [2.45, 2.75) is 43.9 Å². The van der Waals surface area contributed by atoms with E-state index in [9.17, 15) is 4.79 Å². The fraction of sp³-hybridized carbons (Fsp3) is 0.588. The molecule has 0 unspecified atom stereocenters. The van der Waals surface area contributed by atoms with Crippen molar-refractivity contribution in [3.63, 3.8) is 0 Å². The summed E-state index contributed by atoms with van der Waals surface area (Å²) < 4.78 is 12.2. The first-order valence-electron chi connectivity index (χ1n) is 8.17. The van der Waals surface area contributed by atoms with E-state index in [1.54, 1.807) is 11.8 Å². The van der Waals surface area contributed by atoms with Gasteiger partial charge in [-0.15, -0.1) is 11.8 Å². The fourth-order valence-electron chi connectivity index (χ4n) is 2.99. The fourth-order valence-corrected chi connectivity index (χ4v) is 4.46. The van der Waals surface area contributed by atoms with Crippen LogP contribution in [0.2, 0.25) is 0 Å². The van der Waals surface area contributed by atoms with E-state index in [4.69, 9.17) is 9.47 Å². The van der Waals surface area contributed by atoms with E-state index in [0.29, 0.717) is 25.0 Å². The molecule has 3 rings (SSSR count). The van der Waals surface area contributed by atoms with Gasteiger partial charge in [-0.1, -0.05) is 35.2 Å². The van der Waals surface area contributed by atoms with E-state index in [1.807, 2.05) is 12.1 Å². The van der Waals surface area contributed by atoms with E-state index in [2.05, 4.69) is 21.2 Å². The molecular weight excluding hydrogens is 378 g/mol. The number of nitrogens with one attached hydrogen (secondary N) is 1. The van der Waals surface area contributed by atoms with E-state index in [0.717, 1.165) is 40.1 Å². The summed E-state index contributed by atoms with van der Waals surface area (Å²) in [7, 11) is 0. The Morgan fingerprint density at radius 2 is 1.87 bits per heavy atom. The number of hydrogen-bond acceptors (Lipinski definition) is 4. The van der Waals surface area contributed by atoms with Crippen LogP contribution >= 0.6 is 27.7 Å². The van der Waals surface area contributed by atoms with Crippen molar-refractivity contribution in [1.82, 2.24) is 5.32 Å². The Morgan fingerprint density at radius 3 is 2.61 bits per heavy atom. The molecule has 4 nitrogen and oxygen atoms in total. The van der Waals surface area contributed by atoms with Gasteiger partial charge in [0.1, 0.15) is 13.2 Å². The number of hydrogen-bond donors (Lipinski definition) is 1. The van der Waals surface area contributed by atoms with Crippen molar-refractivity contribution < 1.29 is 14.3 Å². The predicted octanol–water partition coefficient (Wildman–Crippen LogP) is 3.90. The SMILES string of the molecule is O=C(CSCc1cc2c(cc1Br)OCCO2)NC1CCCCC1. The second kappa shape index (κ2) is 8.29. The third-order valence-corrected chi connectivity index (χ3v) is 5.89. The Kier molecular flexibility index (Phi) is 6.11. The van der Waals surface area contributed by atoms with Gasteiger partial charge in [-0.05, 0) is 30.5 Å². The largest absolute Gasteiger partial charge is 0.486 e. The van der Waals surface area contributed by atoms with Crippen molar-refractivity contribution in [3.05, 3.63) is 22.2 Å². The van der Waals surface area contributed by atoms with Gasteiger partial charge in [-0.3, -0.25) is 4.79 Å². The molecule has 6 heteroatoms. The molecule has 126 valence electrons. The molecule has 1 saturated carbocycles. The smallest absolute Gasteiger partial charge is 0.230 e. The number of thioether (sulfide) groups is 1. The standard InChI is InChI=1S/C17H22BrNO3S/c18-14-9-16-15(21-6-7-22-16)8-12(14)10-23-11-17(20)19-13-4-2-1-3-5-13/h8-9,13H,1-7,10-11H2,(H,19,20). The monoisotopic (exact) mass is 399 g/mol. The Morgan fingerprint density at radius 1 is 1.17 bits per heavy atom. The minimum absolute atomic E-state index is 0.149.